The third-order valence-corrected chi connectivity index (χ3v) is 10.5. The quantitative estimate of drug-likeness (QED) is 0.0873. The summed E-state index contributed by atoms with van der Waals surface area (Å²) < 4.78 is 2.16. The number of anilines is 1. The summed E-state index contributed by atoms with van der Waals surface area (Å²) in [5.41, 5.74) is 7.35. The fourth-order valence-corrected chi connectivity index (χ4v) is 8.07. The van der Waals surface area contributed by atoms with E-state index in [0.29, 0.717) is 13.1 Å². The van der Waals surface area contributed by atoms with Crippen LogP contribution >= 0.6 is 11.8 Å². The Bertz CT molecular complexity index is 1860. The van der Waals surface area contributed by atoms with Gasteiger partial charge in [-0.1, -0.05) is 117 Å². The number of hydrogen-bond donors (Lipinski definition) is 3. The first-order valence-corrected chi connectivity index (χ1v) is 17.4. The van der Waals surface area contributed by atoms with Crippen molar-refractivity contribution >= 4 is 28.4 Å². The van der Waals surface area contributed by atoms with Crippen molar-refractivity contribution in [3.05, 3.63) is 138 Å². The lowest BCUT2D eigenvalue weighted by Crippen LogP contribution is -2.46. The summed E-state index contributed by atoms with van der Waals surface area (Å²) in [5, 5.41) is 24.5. The molecule has 0 spiro atoms. The standard InChI is InChI=1S/C40H41N5OS/c1-3-44(4-2)26-27-45-35-23-22-34(39-37(35)38(43-45)33-21-20-32(46)28-36(33)47-39)41-24-25-42-40(29-14-8-5-9-15-29,30-16-10-6-11-17-30)31-18-12-7-13-19-31/h5-23,28,41-42,46H,3-4,24-27H2,1-2H3. The zero-order chi connectivity index (χ0) is 32.2. The first kappa shape index (κ1) is 31.1. The summed E-state index contributed by atoms with van der Waals surface area (Å²) in [4.78, 5) is 4.61. The van der Waals surface area contributed by atoms with E-state index >= 15 is 0 Å². The van der Waals surface area contributed by atoms with E-state index in [1.807, 2.05) is 12.1 Å². The van der Waals surface area contributed by atoms with Crippen molar-refractivity contribution in [2.75, 3.05) is 38.0 Å². The Morgan fingerprint density at radius 1 is 0.766 bits per heavy atom. The minimum absolute atomic E-state index is 0.269. The lowest BCUT2D eigenvalue weighted by molar-refractivity contribution is 0.287. The second kappa shape index (κ2) is 13.7. The minimum Gasteiger partial charge on any atom is -0.508 e. The lowest BCUT2D eigenvalue weighted by Gasteiger charge is -2.37. The van der Waals surface area contributed by atoms with Gasteiger partial charge < -0.3 is 15.3 Å². The smallest absolute Gasteiger partial charge is 0.116 e. The molecule has 2 heterocycles. The van der Waals surface area contributed by atoms with Gasteiger partial charge >= 0.3 is 0 Å². The number of benzene rings is 5. The van der Waals surface area contributed by atoms with E-state index in [1.54, 1.807) is 17.8 Å². The molecular formula is C40H41N5OS. The molecule has 0 bridgehead atoms. The second-order valence-electron chi connectivity index (χ2n) is 11.9. The molecule has 5 aromatic carbocycles. The van der Waals surface area contributed by atoms with Crippen molar-refractivity contribution in [1.82, 2.24) is 20.0 Å². The van der Waals surface area contributed by atoms with Crippen molar-refractivity contribution < 1.29 is 5.11 Å². The summed E-state index contributed by atoms with van der Waals surface area (Å²) >= 11 is 1.71. The average molecular weight is 640 g/mol. The van der Waals surface area contributed by atoms with Crippen LogP contribution in [0.4, 0.5) is 5.69 Å². The molecule has 7 heteroatoms. The lowest BCUT2D eigenvalue weighted by atomic mass is 9.77. The highest BCUT2D eigenvalue weighted by Gasteiger charge is 2.35. The van der Waals surface area contributed by atoms with Gasteiger partial charge in [0.15, 0.2) is 0 Å². The van der Waals surface area contributed by atoms with Gasteiger partial charge in [-0.05, 0) is 60.1 Å². The molecule has 6 aromatic rings. The Hall–Kier alpha value is -4.56. The van der Waals surface area contributed by atoms with Crippen LogP contribution in [0.15, 0.2) is 131 Å². The van der Waals surface area contributed by atoms with Crippen LogP contribution in [-0.2, 0) is 12.1 Å². The predicted molar refractivity (Wildman–Crippen MR) is 194 cm³/mol. The van der Waals surface area contributed by atoms with E-state index in [1.165, 1.54) is 22.1 Å². The van der Waals surface area contributed by atoms with Gasteiger partial charge in [0.1, 0.15) is 11.4 Å². The number of aromatic hydroxyl groups is 1. The second-order valence-corrected chi connectivity index (χ2v) is 13.0. The van der Waals surface area contributed by atoms with Gasteiger partial charge in [0.25, 0.3) is 0 Å². The van der Waals surface area contributed by atoms with Gasteiger partial charge in [0.2, 0.25) is 0 Å². The number of rotatable bonds is 13. The van der Waals surface area contributed by atoms with E-state index in [0.717, 1.165) is 58.4 Å². The molecule has 0 fully saturated rings. The molecule has 0 radical (unpaired) electrons. The third kappa shape index (κ3) is 5.91. The first-order chi connectivity index (χ1) is 23.1. The molecule has 1 aliphatic rings. The van der Waals surface area contributed by atoms with Gasteiger partial charge in [-0.3, -0.25) is 10.00 Å². The first-order valence-electron chi connectivity index (χ1n) is 16.5. The van der Waals surface area contributed by atoms with Crippen LogP contribution in [-0.4, -0.2) is 52.5 Å². The van der Waals surface area contributed by atoms with Gasteiger partial charge in [-0.25, -0.2) is 0 Å². The molecule has 1 aliphatic heterocycles. The summed E-state index contributed by atoms with van der Waals surface area (Å²) in [5.74, 6) is 0.269. The molecule has 0 aliphatic carbocycles. The highest BCUT2D eigenvalue weighted by atomic mass is 32.2. The molecule has 0 saturated heterocycles. The molecule has 0 saturated carbocycles. The molecule has 0 atom stereocenters. The van der Waals surface area contributed by atoms with Crippen LogP contribution in [0, 0.1) is 0 Å². The Labute approximate surface area is 281 Å². The topological polar surface area (TPSA) is 65.4 Å². The molecule has 6 nitrogen and oxygen atoms in total. The van der Waals surface area contributed by atoms with E-state index in [2.05, 4.69) is 137 Å². The van der Waals surface area contributed by atoms with Gasteiger partial charge in [-0.2, -0.15) is 5.10 Å². The molecule has 47 heavy (non-hydrogen) atoms. The molecule has 3 N–H and O–H groups in total. The van der Waals surface area contributed by atoms with Gasteiger partial charge in [-0.15, -0.1) is 0 Å². The fourth-order valence-electron chi connectivity index (χ4n) is 6.84. The monoisotopic (exact) mass is 639 g/mol. The number of hydrogen-bond acceptors (Lipinski definition) is 6. The van der Waals surface area contributed by atoms with Crippen molar-refractivity contribution in [2.24, 2.45) is 0 Å². The maximum atomic E-state index is 10.4. The number of phenols is 1. The van der Waals surface area contributed by atoms with Gasteiger partial charge in [0.05, 0.1) is 17.6 Å². The predicted octanol–water partition coefficient (Wildman–Crippen LogP) is 8.21. The SMILES string of the molecule is CCN(CC)CCn1nc2c3c(c(NCCNC(c4ccccc4)(c4ccccc4)c4ccccc4)ccc31)Sc1cc(O)ccc1-2. The Morgan fingerprint density at radius 3 is 1.98 bits per heavy atom. The summed E-state index contributed by atoms with van der Waals surface area (Å²) in [6.45, 7) is 9.66. The van der Waals surface area contributed by atoms with E-state index in [4.69, 9.17) is 5.10 Å². The number of fused-ring (bicyclic) bond motifs is 2. The maximum Gasteiger partial charge on any atom is 0.116 e. The van der Waals surface area contributed by atoms with Crippen LogP contribution in [0.5, 0.6) is 5.75 Å². The Balaban J connectivity index is 1.21. The van der Waals surface area contributed by atoms with Crippen LogP contribution < -0.4 is 10.6 Å². The normalized spacial score (nSPS) is 12.4. The average Bonchev–Trinajstić information content (AvgIpc) is 3.50. The van der Waals surface area contributed by atoms with Crippen LogP contribution in [0.25, 0.3) is 22.2 Å². The van der Waals surface area contributed by atoms with E-state index in [-0.39, 0.29) is 5.75 Å². The largest absolute Gasteiger partial charge is 0.508 e. The Morgan fingerprint density at radius 2 is 1.38 bits per heavy atom. The van der Waals surface area contributed by atoms with Crippen molar-refractivity contribution in [2.45, 2.75) is 35.7 Å². The van der Waals surface area contributed by atoms with Crippen LogP contribution in [0.1, 0.15) is 30.5 Å². The Kier molecular flexibility index (Phi) is 9.03. The number of aromatic nitrogens is 2. The summed E-state index contributed by atoms with van der Waals surface area (Å²) in [7, 11) is 0. The fraction of sp³-hybridized carbons (Fsp3) is 0.225. The van der Waals surface area contributed by atoms with Crippen molar-refractivity contribution in [3.8, 4) is 17.0 Å². The number of nitrogens with one attached hydrogen (secondary N) is 2. The van der Waals surface area contributed by atoms with Crippen molar-refractivity contribution in [3.63, 3.8) is 0 Å². The zero-order valence-electron chi connectivity index (χ0n) is 27.0. The van der Waals surface area contributed by atoms with Crippen molar-refractivity contribution in [1.29, 1.82) is 0 Å². The number of phenolic OH excluding ortho intramolecular Hbond substituents is 1. The number of nitrogens with zero attached hydrogens (tertiary/aromatic N) is 3. The third-order valence-electron chi connectivity index (χ3n) is 9.28. The van der Waals surface area contributed by atoms with E-state index < -0.39 is 5.54 Å². The highest BCUT2D eigenvalue weighted by Crippen LogP contribution is 2.51. The summed E-state index contributed by atoms with van der Waals surface area (Å²) in [6, 6.07) is 42.2. The molecule has 0 unspecified atom stereocenters. The summed E-state index contributed by atoms with van der Waals surface area (Å²) in [6.07, 6.45) is 0. The highest BCUT2D eigenvalue weighted by molar-refractivity contribution is 8.00. The minimum atomic E-state index is -0.520. The van der Waals surface area contributed by atoms with Gasteiger partial charge in [0, 0.05) is 46.1 Å². The maximum absolute atomic E-state index is 10.4. The molecule has 0 amide bonds. The van der Waals surface area contributed by atoms with Crippen LogP contribution in [0.2, 0.25) is 0 Å². The molecule has 238 valence electrons. The zero-order valence-corrected chi connectivity index (χ0v) is 27.8. The molecule has 7 rings (SSSR count). The van der Waals surface area contributed by atoms with E-state index in [9.17, 15) is 5.11 Å². The number of likely N-dealkylation sites (N-methyl/N-ethyl adjacent to an activating group) is 1. The van der Waals surface area contributed by atoms with Crippen LogP contribution in [0.3, 0.4) is 0 Å². The molecular weight excluding hydrogens is 599 g/mol. The molecule has 1 aromatic heterocycles.